The van der Waals surface area contributed by atoms with Gasteiger partial charge < -0.3 is 5.32 Å². The van der Waals surface area contributed by atoms with Gasteiger partial charge >= 0.3 is 0 Å². The first kappa shape index (κ1) is 12.4. The summed E-state index contributed by atoms with van der Waals surface area (Å²) in [4.78, 5) is 11.7. The highest BCUT2D eigenvalue weighted by atomic mass is 16.1. The standard InChI is InChI=1S/C14H17N3O/c1-17-11-13(10-16-17)14(18)15-9-5-8-12-6-3-2-4-7-12/h2-4,6-7,10-11H,5,8-9H2,1H3,(H,15,18). The van der Waals surface area contributed by atoms with E-state index in [9.17, 15) is 4.79 Å². The minimum atomic E-state index is -0.0591. The van der Waals surface area contributed by atoms with Crippen molar-refractivity contribution in [3.8, 4) is 0 Å². The van der Waals surface area contributed by atoms with Crippen molar-refractivity contribution >= 4 is 5.91 Å². The van der Waals surface area contributed by atoms with E-state index >= 15 is 0 Å². The number of benzene rings is 1. The van der Waals surface area contributed by atoms with E-state index in [0.29, 0.717) is 12.1 Å². The van der Waals surface area contributed by atoms with Crippen molar-refractivity contribution in [3.63, 3.8) is 0 Å². The Bertz CT molecular complexity index is 505. The fourth-order valence-electron chi connectivity index (χ4n) is 1.78. The topological polar surface area (TPSA) is 46.9 Å². The number of nitrogens with one attached hydrogen (secondary N) is 1. The molecular formula is C14H17N3O. The number of nitrogens with zero attached hydrogens (tertiary/aromatic N) is 2. The maximum absolute atomic E-state index is 11.7. The highest BCUT2D eigenvalue weighted by molar-refractivity contribution is 5.93. The Morgan fingerprint density at radius 2 is 2.11 bits per heavy atom. The van der Waals surface area contributed by atoms with Crippen LogP contribution in [0.2, 0.25) is 0 Å². The van der Waals surface area contributed by atoms with Crippen LogP contribution in [-0.4, -0.2) is 22.2 Å². The fourth-order valence-corrected chi connectivity index (χ4v) is 1.78. The molecular weight excluding hydrogens is 226 g/mol. The molecule has 0 bridgehead atoms. The van der Waals surface area contributed by atoms with Gasteiger partial charge in [0, 0.05) is 19.8 Å². The average Bonchev–Trinajstić information content (AvgIpc) is 2.82. The van der Waals surface area contributed by atoms with Crippen molar-refractivity contribution in [2.45, 2.75) is 12.8 Å². The number of hydrogen-bond acceptors (Lipinski definition) is 2. The van der Waals surface area contributed by atoms with Crippen LogP contribution in [0.15, 0.2) is 42.7 Å². The van der Waals surface area contributed by atoms with E-state index in [2.05, 4.69) is 22.5 Å². The number of aromatic nitrogens is 2. The second-order valence-corrected chi connectivity index (χ2v) is 4.25. The Hall–Kier alpha value is -2.10. The van der Waals surface area contributed by atoms with Gasteiger partial charge in [-0.2, -0.15) is 5.10 Å². The summed E-state index contributed by atoms with van der Waals surface area (Å²) in [5.41, 5.74) is 1.91. The van der Waals surface area contributed by atoms with Crippen LogP contribution in [0.5, 0.6) is 0 Å². The van der Waals surface area contributed by atoms with Crippen molar-refractivity contribution in [2.75, 3.05) is 6.54 Å². The molecule has 0 aliphatic carbocycles. The molecule has 4 nitrogen and oxygen atoms in total. The molecule has 0 unspecified atom stereocenters. The molecule has 0 aliphatic heterocycles. The van der Waals surface area contributed by atoms with E-state index in [1.807, 2.05) is 18.2 Å². The maximum atomic E-state index is 11.7. The third kappa shape index (κ3) is 3.45. The summed E-state index contributed by atoms with van der Waals surface area (Å²) < 4.78 is 1.62. The summed E-state index contributed by atoms with van der Waals surface area (Å²) in [7, 11) is 1.80. The minimum absolute atomic E-state index is 0.0591. The van der Waals surface area contributed by atoms with Crippen LogP contribution in [0.3, 0.4) is 0 Å². The van der Waals surface area contributed by atoms with Crippen LogP contribution in [-0.2, 0) is 13.5 Å². The second-order valence-electron chi connectivity index (χ2n) is 4.25. The molecule has 1 heterocycles. The van der Waals surface area contributed by atoms with Crippen molar-refractivity contribution in [3.05, 3.63) is 53.9 Å². The molecule has 0 radical (unpaired) electrons. The van der Waals surface area contributed by atoms with E-state index in [4.69, 9.17) is 0 Å². The second kappa shape index (κ2) is 6.00. The average molecular weight is 243 g/mol. The smallest absolute Gasteiger partial charge is 0.254 e. The molecule has 0 spiro atoms. The van der Waals surface area contributed by atoms with Crippen LogP contribution in [0.4, 0.5) is 0 Å². The number of rotatable bonds is 5. The van der Waals surface area contributed by atoms with Crippen LogP contribution in [0.1, 0.15) is 22.3 Å². The summed E-state index contributed by atoms with van der Waals surface area (Å²) in [6, 6.07) is 10.3. The first-order valence-corrected chi connectivity index (χ1v) is 6.06. The molecule has 2 aromatic rings. The van der Waals surface area contributed by atoms with Gasteiger partial charge in [0.2, 0.25) is 0 Å². The lowest BCUT2D eigenvalue weighted by Gasteiger charge is -2.03. The molecule has 0 saturated carbocycles. The zero-order chi connectivity index (χ0) is 12.8. The largest absolute Gasteiger partial charge is 0.352 e. The lowest BCUT2D eigenvalue weighted by molar-refractivity contribution is 0.0953. The molecule has 1 N–H and O–H groups in total. The number of hydrogen-bond donors (Lipinski definition) is 1. The van der Waals surface area contributed by atoms with Crippen molar-refractivity contribution < 1.29 is 4.79 Å². The molecule has 1 aromatic carbocycles. The summed E-state index contributed by atoms with van der Waals surface area (Å²) in [6.45, 7) is 0.683. The van der Waals surface area contributed by atoms with Crippen molar-refractivity contribution in [1.82, 2.24) is 15.1 Å². The van der Waals surface area contributed by atoms with Gasteiger partial charge in [0.05, 0.1) is 11.8 Å². The van der Waals surface area contributed by atoms with Crippen molar-refractivity contribution in [1.29, 1.82) is 0 Å². The number of amides is 1. The third-order valence-electron chi connectivity index (χ3n) is 2.74. The number of carbonyl (C=O) groups is 1. The quantitative estimate of drug-likeness (QED) is 0.814. The molecule has 4 heteroatoms. The predicted molar refractivity (Wildman–Crippen MR) is 70.3 cm³/mol. The van der Waals surface area contributed by atoms with Crippen molar-refractivity contribution in [2.24, 2.45) is 7.05 Å². The van der Waals surface area contributed by atoms with E-state index in [1.165, 1.54) is 5.56 Å². The molecule has 0 aliphatic rings. The van der Waals surface area contributed by atoms with Gasteiger partial charge in [-0.3, -0.25) is 9.48 Å². The maximum Gasteiger partial charge on any atom is 0.254 e. The first-order chi connectivity index (χ1) is 8.75. The van der Waals surface area contributed by atoms with Crippen LogP contribution in [0.25, 0.3) is 0 Å². The third-order valence-corrected chi connectivity index (χ3v) is 2.74. The summed E-state index contributed by atoms with van der Waals surface area (Å²) in [5.74, 6) is -0.0591. The Morgan fingerprint density at radius 3 is 2.78 bits per heavy atom. The Balaban J connectivity index is 1.71. The molecule has 2 rings (SSSR count). The predicted octanol–water partition coefficient (Wildman–Crippen LogP) is 1.78. The van der Waals surface area contributed by atoms with E-state index in [-0.39, 0.29) is 5.91 Å². The van der Waals surface area contributed by atoms with Gasteiger partial charge in [0.15, 0.2) is 0 Å². The van der Waals surface area contributed by atoms with Gasteiger partial charge in [0.1, 0.15) is 0 Å². The summed E-state index contributed by atoms with van der Waals surface area (Å²) >= 11 is 0. The zero-order valence-corrected chi connectivity index (χ0v) is 10.5. The highest BCUT2D eigenvalue weighted by Gasteiger charge is 2.06. The van der Waals surface area contributed by atoms with Crippen LogP contribution < -0.4 is 5.32 Å². The fraction of sp³-hybridized carbons (Fsp3) is 0.286. The lowest BCUT2D eigenvalue weighted by atomic mass is 10.1. The van der Waals surface area contributed by atoms with E-state index < -0.39 is 0 Å². The molecule has 1 aromatic heterocycles. The highest BCUT2D eigenvalue weighted by Crippen LogP contribution is 2.02. The minimum Gasteiger partial charge on any atom is -0.352 e. The van der Waals surface area contributed by atoms with E-state index in [1.54, 1.807) is 24.1 Å². The molecule has 94 valence electrons. The Morgan fingerprint density at radius 1 is 1.33 bits per heavy atom. The molecule has 1 amide bonds. The summed E-state index contributed by atoms with van der Waals surface area (Å²) in [5, 5.41) is 6.86. The lowest BCUT2D eigenvalue weighted by Crippen LogP contribution is -2.24. The Kier molecular flexibility index (Phi) is 4.12. The van der Waals surface area contributed by atoms with Gasteiger partial charge in [0.25, 0.3) is 5.91 Å². The monoisotopic (exact) mass is 243 g/mol. The van der Waals surface area contributed by atoms with Crippen LogP contribution >= 0.6 is 0 Å². The normalized spacial score (nSPS) is 10.3. The zero-order valence-electron chi connectivity index (χ0n) is 10.5. The van der Waals surface area contributed by atoms with Gasteiger partial charge in [-0.15, -0.1) is 0 Å². The van der Waals surface area contributed by atoms with Gasteiger partial charge in [-0.05, 0) is 18.4 Å². The Labute approximate surface area is 107 Å². The van der Waals surface area contributed by atoms with Crippen LogP contribution in [0, 0.1) is 0 Å². The summed E-state index contributed by atoms with van der Waals surface area (Å²) in [6.07, 6.45) is 5.21. The van der Waals surface area contributed by atoms with Gasteiger partial charge in [-0.1, -0.05) is 30.3 Å². The molecule has 0 saturated heterocycles. The number of aryl methyl sites for hydroxylation is 2. The van der Waals surface area contributed by atoms with Gasteiger partial charge in [-0.25, -0.2) is 0 Å². The number of carbonyl (C=O) groups excluding carboxylic acids is 1. The van der Waals surface area contributed by atoms with E-state index in [0.717, 1.165) is 12.8 Å². The SMILES string of the molecule is Cn1cc(C(=O)NCCCc2ccccc2)cn1. The first-order valence-electron chi connectivity index (χ1n) is 6.06. The molecule has 0 fully saturated rings. The molecule has 0 atom stereocenters. The molecule has 18 heavy (non-hydrogen) atoms.